The molecule has 2 aromatic rings. The highest BCUT2D eigenvalue weighted by Crippen LogP contribution is 2.41. The minimum absolute atomic E-state index is 0.00539. The Morgan fingerprint density at radius 3 is 2.82 bits per heavy atom. The maximum atomic E-state index is 11.6. The van der Waals surface area contributed by atoms with E-state index in [9.17, 15) is 19.8 Å². The van der Waals surface area contributed by atoms with E-state index >= 15 is 0 Å². The summed E-state index contributed by atoms with van der Waals surface area (Å²) in [6.45, 7) is -0.00539. The molecule has 0 saturated heterocycles. The van der Waals surface area contributed by atoms with Crippen LogP contribution in [0, 0.1) is 5.92 Å². The molecule has 2 heterocycles. The minimum atomic E-state index is -1.08. The largest absolute Gasteiger partial charge is 0.481 e. The van der Waals surface area contributed by atoms with Crippen molar-refractivity contribution in [3.05, 3.63) is 41.6 Å². The maximum absolute atomic E-state index is 11.6. The molecule has 112 valence electrons. The summed E-state index contributed by atoms with van der Waals surface area (Å²) in [4.78, 5) is 27.4. The van der Waals surface area contributed by atoms with E-state index in [1.54, 1.807) is 6.08 Å². The molecule has 2 aliphatic rings. The summed E-state index contributed by atoms with van der Waals surface area (Å²) in [7, 11) is 0. The molecule has 0 radical (unpaired) electrons. The number of carbonyl (C=O) groups is 2. The first kappa shape index (κ1) is 12.9. The highest BCUT2D eigenvalue weighted by atomic mass is 16.4. The Kier molecular flexibility index (Phi) is 2.57. The molecule has 2 atom stereocenters. The molecule has 0 unspecified atom stereocenters. The van der Waals surface area contributed by atoms with Gasteiger partial charge in [0.15, 0.2) is 0 Å². The standard InChI is InChI=1S/C16H14N2O4/c19-15(20)9-4-11-10-2-1-3-12-14(10)8(6-17-12)5-13(11)18(7-9)16(21)22/h1-4,6,9,13,17H,5,7H2,(H,19,20)(H,21,22)/t9-,13-/m1/s1. The van der Waals surface area contributed by atoms with Crippen LogP contribution in [0.2, 0.25) is 0 Å². The van der Waals surface area contributed by atoms with Gasteiger partial charge in [-0.25, -0.2) is 4.79 Å². The van der Waals surface area contributed by atoms with Crippen molar-refractivity contribution < 1.29 is 19.8 Å². The summed E-state index contributed by atoms with van der Waals surface area (Å²) in [5.41, 5.74) is 3.81. The lowest BCUT2D eigenvalue weighted by molar-refractivity contribution is -0.140. The van der Waals surface area contributed by atoms with Crippen LogP contribution >= 0.6 is 0 Å². The van der Waals surface area contributed by atoms with Gasteiger partial charge in [-0.3, -0.25) is 9.69 Å². The SMILES string of the molecule is O=C(O)[C@@H]1C=C2c3cccc4[nH]cc(c34)C[C@H]2N(C(=O)O)C1. The van der Waals surface area contributed by atoms with Gasteiger partial charge in [0, 0.05) is 23.6 Å². The first-order valence-corrected chi connectivity index (χ1v) is 7.09. The Morgan fingerprint density at radius 1 is 1.27 bits per heavy atom. The molecule has 0 fully saturated rings. The fraction of sp³-hybridized carbons (Fsp3) is 0.250. The summed E-state index contributed by atoms with van der Waals surface area (Å²) >= 11 is 0. The van der Waals surface area contributed by atoms with Gasteiger partial charge in [0.25, 0.3) is 0 Å². The second-order valence-electron chi connectivity index (χ2n) is 5.76. The highest BCUT2D eigenvalue weighted by Gasteiger charge is 2.39. The molecule has 1 aliphatic carbocycles. The van der Waals surface area contributed by atoms with Crippen LogP contribution in [0.1, 0.15) is 11.1 Å². The van der Waals surface area contributed by atoms with Crippen LogP contribution in [-0.4, -0.2) is 44.7 Å². The van der Waals surface area contributed by atoms with Crippen LogP contribution in [0.3, 0.4) is 0 Å². The van der Waals surface area contributed by atoms with Gasteiger partial charge in [0.2, 0.25) is 0 Å². The fourth-order valence-corrected chi connectivity index (χ4v) is 3.60. The molecule has 1 aromatic carbocycles. The van der Waals surface area contributed by atoms with Crippen molar-refractivity contribution in [2.24, 2.45) is 5.92 Å². The normalized spacial score (nSPS) is 23.1. The van der Waals surface area contributed by atoms with E-state index in [-0.39, 0.29) is 12.6 Å². The fourth-order valence-electron chi connectivity index (χ4n) is 3.60. The Morgan fingerprint density at radius 2 is 2.09 bits per heavy atom. The van der Waals surface area contributed by atoms with E-state index in [0.717, 1.165) is 27.6 Å². The van der Waals surface area contributed by atoms with Gasteiger partial charge in [0.1, 0.15) is 0 Å². The van der Waals surface area contributed by atoms with Crippen molar-refractivity contribution >= 4 is 28.5 Å². The number of nitrogens with zero attached hydrogens (tertiary/aromatic N) is 1. The third-order valence-electron chi connectivity index (χ3n) is 4.58. The van der Waals surface area contributed by atoms with Crippen LogP contribution < -0.4 is 0 Å². The summed E-state index contributed by atoms with van der Waals surface area (Å²) in [5.74, 6) is -1.80. The van der Waals surface area contributed by atoms with E-state index in [0.29, 0.717) is 6.42 Å². The first-order valence-electron chi connectivity index (χ1n) is 7.09. The number of rotatable bonds is 1. The van der Waals surface area contributed by atoms with Crippen molar-refractivity contribution in [2.75, 3.05) is 6.54 Å². The molecular formula is C16H14N2O4. The monoisotopic (exact) mass is 298 g/mol. The van der Waals surface area contributed by atoms with Gasteiger partial charge < -0.3 is 15.2 Å². The number of aromatic amines is 1. The molecule has 1 aromatic heterocycles. The number of benzene rings is 1. The van der Waals surface area contributed by atoms with Crippen molar-refractivity contribution in [3.8, 4) is 0 Å². The van der Waals surface area contributed by atoms with Gasteiger partial charge in [-0.1, -0.05) is 18.2 Å². The third-order valence-corrected chi connectivity index (χ3v) is 4.58. The minimum Gasteiger partial charge on any atom is -0.481 e. The quantitative estimate of drug-likeness (QED) is 0.752. The summed E-state index contributed by atoms with van der Waals surface area (Å²) < 4.78 is 0. The van der Waals surface area contributed by atoms with E-state index in [4.69, 9.17) is 0 Å². The lowest BCUT2D eigenvalue weighted by Gasteiger charge is -2.39. The van der Waals surface area contributed by atoms with Gasteiger partial charge >= 0.3 is 12.1 Å². The zero-order chi connectivity index (χ0) is 15.4. The van der Waals surface area contributed by atoms with E-state index in [2.05, 4.69) is 4.98 Å². The summed E-state index contributed by atoms with van der Waals surface area (Å²) in [5, 5.41) is 19.8. The molecule has 0 saturated carbocycles. The van der Waals surface area contributed by atoms with Crippen LogP contribution in [0.15, 0.2) is 30.5 Å². The molecule has 6 heteroatoms. The number of amides is 1. The zero-order valence-electron chi connectivity index (χ0n) is 11.6. The molecule has 1 amide bonds. The van der Waals surface area contributed by atoms with E-state index < -0.39 is 18.0 Å². The second-order valence-corrected chi connectivity index (χ2v) is 5.76. The number of nitrogens with one attached hydrogen (secondary N) is 1. The third kappa shape index (κ3) is 1.67. The van der Waals surface area contributed by atoms with Crippen molar-refractivity contribution in [1.29, 1.82) is 0 Å². The topological polar surface area (TPSA) is 93.6 Å². The predicted molar refractivity (Wildman–Crippen MR) is 79.6 cm³/mol. The van der Waals surface area contributed by atoms with E-state index in [1.165, 1.54) is 4.90 Å². The lowest BCUT2D eigenvalue weighted by Crippen LogP contribution is -2.49. The Balaban J connectivity index is 1.95. The van der Waals surface area contributed by atoms with Crippen LogP contribution in [-0.2, 0) is 11.2 Å². The Bertz CT molecular complexity index is 836. The molecular weight excluding hydrogens is 284 g/mol. The van der Waals surface area contributed by atoms with Crippen molar-refractivity contribution in [2.45, 2.75) is 12.5 Å². The van der Waals surface area contributed by atoms with Gasteiger partial charge in [-0.15, -0.1) is 0 Å². The maximum Gasteiger partial charge on any atom is 0.407 e. The molecule has 0 spiro atoms. The smallest absolute Gasteiger partial charge is 0.407 e. The van der Waals surface area contributed by atoms with Crippen LogP contribution in [0.4, 0.5) is 4.79 Å². The Labute approximate surface area is 125 Å². The van der Waals surface area contributed by atoms with Crippen molar-refractivity contribution in [1.82, 2.24) is 9.88 Å². The van der Waals surface area contributed by atoms with Crippen LogP contribution in [0.5, 0.6) is 0 Å². The molecule has 22 heavy (non-hydrogen) atoms. The average molecular weight is 298 g/mol. The number of carboxylic acid groups (broad SMARTS) is 2. The van der Waals surface area contributed by atoms with Crippen molar-refractivity contribution in [3.63, 3.8) is 0 Å². The molecule has 0 bridgehead atoms. The van der Waals surface area contributed by atoms with Gasteiger partial charge in [0.05, 0.1) is 12.0 Å². The number of carboxylic acids is 1. The number of aromatic nitrogens is 1. The molecule has 3 N–H and O–H groups in total. The highest BCUT2D eigenvalue weighted by molar-refractivity contribution is 5.99. The van der Waals surface area contributed by atoms with Gasteiger partial charge in [-0.05, 0) is 29.2 Å². The second kappa shape index (κ2) is 4.37. The molecule has 6 nitrogen and oxygen atoms in total. The first-order chi connectivity index (χ1) is 10.6. The zero-order valence-corrected chi connectivity index (χ0v) is 11.6. The summed E-state index contributed by atoms with van der Waals surface area (Å²) in [6.07, 6.45) is 3.13. The number of hydrogen-bond donors (Lipinski definition) is 3. The number of aliphatic carboxylic acids is 1. The number of hydrogen-bond acceptors (Lipinski definition) is 2. The summed E-state index contributed by atoms with van der Waals surface area (Å²) in [6, 6.07) is 5.48. The number of fused-ring (bicyclic) bond motifs is 2. The number of H-pyrrole nitrogens is 1. The van der Waals surface area contributed by atoms with Gasteiger partial charge in [-0.2, -0.15) is 0 Å². The lowest BCUT2D eigenvalue weighted by atomic mass is 9.80. The molecule has 4 rings (SSSR count). The van der Waals surface area contributed by atoms with E-state index in [1.807, 2.05) is 24.4 Å². The Hall–Kier alpha value is -2.76. The predicted octanol–water partition coefficient (Wildman–Crippen LogP) is 2.17. The average Bonchev–Trinajstić information content (AvgIpc) is 2.91. The molecule has 1 aliphatic heterocycles. The van der Waals surface area contributed by atoms with Crippen LogP contribution in [0.25, 0.3) is 16.5 Å².